The quantitative estimate of drug-likeness (QED) is 0.357. The van der Waals surface area contributed by atoms with Crippen LogP contribution in [-0.2, 0) is 14.3 Å². The van der Waals surface area contributed by atoms with Gasteiger partial charge in [-0.05, 0) is 12.5 Å². The number of rotatable bonds is 5. The number of aldehydes is 1. The predicted molar refractivity (Wildman–Crippen MR) is 46.8 cm³/mol. The highest BCUT2D eigenvalue weighted by atomic mass is 16.7. The fraction of sp³-hybridized carbons (Fsp3) is 0.667. The van der Waals surface area contributed by atoms with Crippen molar-refractivity contribution < 1.29 is 14.3 Å². The number of methoxy groups -OCH3 is 2. The Morgan fingerprint density at radius 1 is 1.33 bits per heavy atom. The molecule has 0 aliphatic carbocycles. The Kier molecular flexibility index (Phi) is 5.58. The average molecular weight is 172 g/mol. The van der Waals surface area contributed by atoms with Crippen molar-refractivity contribution in [1.29, 1.82) is 0 Å². The summed E-state index contributed by atoms with van der Waals surface area (Å²) in [6.07, 6.45) is 2.36. The Labute approximate surface area is 73.4 Å². The maximum atomic E-state index is 10.3. The summed E-state index contributed by atoms with van der Waals surface area (Å²) < 4.78 is 10.0. The zero-order chi connectivity index (χ0) is 9.56. The summed E-state index contributed by atoms with van der Waals surface area (Å²) >= 11 is 0. The lowest BCUT2D eigenvalue weighted by atomic mass is 10.1. The third kappa shape index (κ3) is 3.64. The normalized spacial score (nSPS) is 14.9. The molecule has 1 unspecified atom stereocenters. The fourth-order valence-corrected chi connectivity index (χ4v) is 1.06. The molecule has 0 N–H and O–H groups in total. The number of carbonyl (C=O) groups is 1. The van der Waals surface area contributed by atoms with Crippen LogP contribution < -0.4 is 0 Å². The van der Waals surface area contributed by atoms with Crippen molar-refractivity contribution in [2.45, 2.75) is 20.1 Å². The van der Waals surface area contributed by atoms with Crippen molar-refractivity contribution in [1.82, 2.24) is 0 Å². The molecule has 0 aromatic rings. The first-order chi connectivity index (χ1) is 5.65. The minimum absolute atomic E-state index is 0.0881. The van der Waals surface area contributed by atoms with Gasteiger partial charge >= 0.3 is 0 Å². The van der Waals surface area contributed by atoms with Crippen LogP contribution >= 0.6 is 0 Å². The van der Waals surface area contributed by atoms with Crippen LogP contribution in [0.15, 0.2) is 11.6 Å². The summed E-state index contributed by atoms with van der Waals surface area (Å²) in [5.41, 5.74) is 0.696. The standard InChI is InChI=1S/C9H16O3/c1-7(6-10)5-8(2)9(11-3)12-4/h5-6,8-9H,1-4H3. The summed E-state index contributed by atoms with van der Waals surface area (Å²) in [4.78, 5) is 10.3. The highest BCUT2D eigenvalue weighted by Gasteiger charge is 2.12. The highest BCUT2D eigenvalue weighted by Crippen LogP contribution is 2.10. The van der Waals surface area contributed by atoms with Gasteiger partial charge in [-0.1, -0.05) is 13.0 Å². The molecule has 0 aromatic heterocycles. The van der Waals surface area contributed by atoms with E-state index in [4.69, 9.17) is 9.47 Å². The van der Waals surface area contributed by atoms with E-state index < -0.39 is 0 Å². The van der Waals surface area contributed by atoms with Crippen LogP contribution in [0.4, 0.5) is 0 Å². The van der Waals surface area contributed by atoms with E-state index in [1.807, 2.05) is 13.0 Å². The second-order valence-corrected chi connectivity index (χ2v) is 2.73. The van der Waals surface area contributed by atoms with Crippen LogP contribution in [0.25, 0.3) is 0 Å². The molecule has 0 aromatic carbocycles. The van der Waals surface area contributed by atoms with Gasteiger partial charge in [-0.15, -0.1) is 0 Å². The summed E-state index contributed by atoms with van der Waals surface area (Å²) in [5, 5.41) is 0. The second-order valence-electron chi connectivity index (χ2n) is 2.73. The molecule has 0 saturated carbocycles. The number of carbonyl (C=O) groups excluding carboxylic acids is 1. The molecule has 0 amide bonds. The van der Waals surface area contributed by atoms with Gasteiger partial charge in [-0.25, -0.2) is 0 Å². The van der Waals surface area contributed by atoms with Gasteiger partial charge in [0, 0.05) is 20.1 Å². The molecule has 0 radical (unpaired) electrons. The van der Waals surface area contributed by atoms with E-state index in [-0.39, 0.29) is 12.2 Å². The molecule has 12 heavy (non-hydrogen) atoms. The zero-order valence-electron chi connectivity index (χ0n) is 8.03. The van der Waals surface area contributed by atoms with Crippen LogP contribution in [0.1, 0.15) is 13.8 Å². The van der Waals surface area contributed by atoms with Gasteiger partial charge in [0.1, 0.15) is 6.29 Å². The summed E-state index contributed by atoms with van der Waals surface area (Å²) in [6.45, 7) is 3.69. The van der Waals surface area contributed by atoms with Gasteiger partial charge in [0.25, 0.3) is 0 Å². The van der Waals surface area contributed by atoms with Crippen molar-refractivity contribution in [3.63, 3.8) is 0 Å². The van der Waals surface area contributed by atoms with Crippen LogP contribution in [0, 0.1) is 5.92 Å². The van der Waals surface area contributed by atoms with Crippen molar-refractivity contribution in [3.8, 4) is 0 Å². The number of hydrogen-bond acceptors (Lipinski definition) is 3. The molecular weight excluding hydrogens is 156 g/mol. The molecule has 0 heterocycles. The van der Waals surface area contributed by atoms with Gasteiger partial charge < -0.3 is 9.47 Å². The van der Waals surface area contributed by atoms with Crippen LogP contribution in [0.3, 0.4) is 0 Å². The Morgan fingerprint density at radius 2 is 1.83 bits per heavy atom. The lowest BCUT2D eigenvalue weighted by Crippen LogP contribution is -2.21. The van der Waals surface area contributed by atoms with Gasteiger partial charge in [0.2, 0.25) is 0 Å². The van der Waals surface area contributed by atoms with E-state index in [0.29, 0.717) is 5.57 Å². The molecular formula is C9H16O3. The minimum atomic E-state index is -0.278. The third-order valence-corrected chi connectivity index (χ3v) is 1.61. The summed E-state index contributed by atoms with van der Waals surface area (Å²) in [7, 11) is 3.16. The molecule has 70 valence electrons. The van der Waals surface area contributed by atoms with E-state index in [1.165, 1.54) is 0 Å². The van der Waals surface area contributed by atoms with E-state index in [0.717, 1.165) is 6.29 Å². The van der Waals surface area contributed by atoms with Crippen LogP contribution in [-0.4, -0.2) is 26.8 Å². The van der Waals surface area contributed by atoms with Crippen molar-refractivity contribution in [3.05, 3.63) is 11.6 Å². The first kappa shape index (κ1) is 11.3. The lowest BCUT2D eigenvalue weighted by molar-refractivity contribution is -0.122. The van der Waals surface area contributed by atoms with Gasteiger partial charge in [-0.3, -0.25) is 4.79 Å². The smallest absolute Gasteiger partial charge is 0.162 e. The molecule has 0 bridgehead atoms. The van der Waals surface area contributed by atoms with Crippen LogP contribution in [0.2, 0.25) is 0 Å². The SMILES string of the molecule is COC(OC)C(C)C=C(C)C=O. The van der Waals surface area contributed by atoms with E-state index >= 15 is 0 Å². The fourth-order valence-electron chi connectivity index (χ4n) is 1.06. The second kappa shape index (κ2) is 5.91. The van der Waals surface area contributed by atoms with Crippen molar-refractivity contribution in [2.75, 3.05) is 14.2 Å². The zero-order valence-corrected chi connectivity index (χ0v) is 8.03. The van der Waals surface area contributed by atoms with Crippen molar-refractivity contribution >= 4 is 6.29 Å². The Hall–Kier alpha value is -0.670. The van der Waals surface area contributed by atoms with Crippen LogP contribution in [0.5, 0.6) is 0 Å². The van der Waals surface area contributed by atoms with E-state index in [2.05, 4.69) is 0 Å². The maximum Gasteiger partial charge on any atom is 0.162 e. The maximum absolute atomic E-state index is 10.3. The topological polar surface area (TPSA) is 35.5 Å². The molecule has 0 aliphatic rings. The molecule has 0 spiro atoms. The minimum Gasteiger partial charge on any atom is -0.355 e. The molecule has 0 fully saturated rings. The molecule has 0 saturated heterocycles. The van der Waals surface area contributed by atoms with Gasteiger partial charge in [0.15, 0.2) is 6.29 Å². The number of hydrogen-bond donors (Lipinski definition) is 0. The monoisotopic (exact) mass is 172 g/mol. The third-order valence-electron chi connectivity index (χ3n) is 1.61. The average Bonchev–Trinajstić information content (AvgIpc) is 2.06. The predicted octanol–water partition coefficient (Wildman–Crippen LogP) is 1.39. The largest absolute Gasteiger partial charge is 0.355 e. The highest BCUT2D eigenvalue weighted by molar-refractivity contribution is 5.72. The molecule has 1 atom stereocenters. The van der Waals surface area contributed by atoms with Gasteiger partial charge in [-0.2, -0.15) is 0 Å². The molecule has 3 nitrogen and oxygen atoms in total. The number of allylic oxidation sites excluding steroid dienone is 1. The molecule has 3 heteroatoms. The van der Waals surface area contributed by atoms with Crippen molar-refractivity contribution in [2.24, 2.45) is 5.92 Å². The van der Waals surface area contributed by atoms with Gasteiger partial charge in [0.05, 0.1) is 0 Å². The molecule has 0 aliphatic heterocycles. The number of ether oxygens (including phenoxy) is 2. The first-order valence-electron chi connectivity index (χ1n) is 3.84. The van der Waals surface area contributed by atoms with E-state index in [9.17, 15) is 4.79 Å². The Morgan fingerprint density at radius 3 is 2.17 bits per heavy atom. The molecule has 0 rings (SSSR count). The first-order valence-corrected chi connectivity index (χ1v) is 3.84. The lowest BCUT2D eigenvalue weighted by Gasteiger charge is -2.17. The Balaban J connectivity index is 4.16. The summed E-state index contributed by atoms with van der Waals surface area (Å²) in [5.74, 6) is 0.0881. The Bertz CT molecular complexity index is 159. The summed E-state index contributed by atoms with van der Waals surface area (Å²) in [6, 6.07) is 0. The van der Waals surface area contributed by atoms with E-state index in [1.54, 1.807) is 21.1 Å².